The van der Waals surface area contributed by atoms with E-state index in [1.165, 1.54) is 22.1 Å². The van der Waals surface area contributed by atoms with Gasteiger partial charge in [0.2, 0.25) is 5.91 Å². The molecular weight excluding hydrogens is 348 g/mol. The van der Waals surface area contributed by atoms with Crippen LogP contribution in [-0.4, -0.2) is 20.7 Å². The number of nitrogens with zero attached hydrogens (tertiary/aromatic N) is 2. The lowest BCUT2D eigenvalue weighted by Crippen LogP contribution is -2.11. The number of rotatable bonds is 7. The van der Waals surface area contributed by atoms with Crippen LogP contribution in [0.3, 0.4) is 0 Å². The molecule has 1 amide bonds. The summed E-state index contributed by atoms with van der Waals surface area (Å²) in [5.41, 5.74) is 5.56. The van der Waals surface area contributed by atoms with Gasteiger partial charge in [-0.05, 0) is 37.0 Å². The van der Waals surface area contributed by atoms with E-state index in [0.29, 0.717) is 13.0 Å². The Morgan fingerprint density at radius 2 is 2.07 bits per heavy atom. The van der Waals surface area contributed by atoms with Gasteiger partial charge in [-0.3, -0.25) is 9.48 Å². The first-order chi connectivity index (χ1) is 13.7. The number of fused-ring (bicyclic) bond motifs is 1. The summed E-state index contributed by atoms with van der Waals surface area (Å²) in [6.07, 6.45) is 7.79. The van der Waals surface area contributed by atoms with Crippen LogP contribution in [0.5, 0.6) is 0 Å². The summed E-state index contributed by atoms with van der Waals surface area (Å²) in [5, 5.41) is 8.53. The van der Waals surface area contributed by atoms with Crippen molar-refractivity contribution < 1.29 is 4.79 Å². The maximum Gasteiger partial charge on any atom is 0.224 e. The predicted octanol–water partition coefficient (Wildman–Crippen LogP) is 4.68. The smallest absolute Gasteiger partial charge is 0.224 e. The minimum Gasteiger partial charge on any atom is -0.361 e. The van der Waals surface area contributed by atoms with Gasteiger partial charge >= 0.3 is 0 Å². The van der Waals surface area contributed by atoms with Gasteiger partial charge in [0.1, 0.15) is 0 Å². The van der Waals surface area contributed by atoms with Gasteiger partial charge in [-0.15, -0.1) is 0 Å². The van der Waals surface area contributed by atoms with Crippen molar-refractivity contribution in [1.82, 2.24) is 14.8 Å². The summed E-state index contributed by atoms with van der Waals surface area (Å²) in [6.45, 7) is 2.77. The lowest BCUT2D eigenvalue weighted by molar-refractivity contribution is -0.116. The molecule has 2 aromatic carbocycles. The van der Waals surface area contributed by atoms with Crippen molar-refractivity contribution in [3.63, 3.8) is 0 Å². The molecule has 2 N–H and O–H groups in total. The third kappa shape index (κ3) is 4.31. The molecule has 0 bridgehead atoms. The number of hydrogen-bond acceptors (Lipinski definition) is 2. The number of H-pyrrole nitrogens is 1. The highest BCUT2D eigenvalue weighted by atomic mass is 16.1. The summed E-state index contributed by atoms with van der Waals surface area (Å²) >= 11 is 0. The molecule has 0 spiro atoms. The number of amides is 1. The van der Waals surface area contributed by atoms with Crippen molar-refractivity contribution in [3.8, 4) is 0 Å². The van der Waals surface area contributed by atoms with E-state index in [-0.39, 0.29) is 5.91 Å². The molecule has 0 aliphatic rings. The van der Waals surface area contributed by atoms with Gasteiger partial charge in [0, 0.05) is 29.7 Å². The van der Waals surface area contributed by atoms with Gasteiger partial charge in [-0.1, -0.05) is 48.0 Å². The van der Waals surface area contributed by atoms with E-state index in [1.807, 2.05) is 35.3 Å². The molecule has 0 atom stereocenters. The Hall–Kier alpha value is -3.34. The number of carbonyl (C=O) groups is 1. The molecule has 0 aliphatic heterocycles. The Morgan fingerprint density at radius 1 is 1.18 bits per heavy atom. The fraction of sp³-hybridized carbons (Fsp3) is 0.217. The number of para-hydroxylation sites is 1. The summed E-state index contributed by atoms with van der Waals surface area (Å²) in [4.78, 5) is 15.5. The lowest BCUT2D eigenvalue weighted by Gasteiger charge is -2.04. The fourth-order valence-corrected chi connectivity index (χ4v) is 3.51. The van der Waals surface area contributed by atoms with Crippen LogP contribution in [-0.2, 0) is 17.8 Å². The molecule has 2 heterocycles. The Bertz CT molecular complexity index is 1090. The largest absolute Gasteiger partial charge is 0.361 e. The molecule has 0 saturated heterocycles. The molecule has 0 radical (unpaired) electrons. The van der Waals surface area contributed by atoms with E-state index >= 15 is 0 Å². The monoisotopic (exact) mass is 372 g/mol. The van der Waals surface area contributed by atoms with E-state index in [0.717, 1.165) is 24.0 Å². The Kier molecular flexibility index (Phi) is 5.24. The van der Waals surface area contributed by atoms with Crippen molar-refractivity contribution in [1.29, 1.82) is 0 Å². The highest BCUT2D eigenvalue weighted by Gasteiger charge is 2.07. The van der Waals surface area contributed by atoms with Crippen molar-refractivity contribution in [2.45, 2.75) is 32.7 Å². The second kappa shape index (κ2) is 8.13. The van der Waals surface area contributed by atoms with Gasteiger partial charge < -0.3 is 10.3 Å². The zero-order valence-electron chi connectivity index (χ0n) is 16.0. The van der Waals surface area contributed by atoms with E-state index in [1.54, 1.807) is 6.20 Å². The molecule has 0 fully saturated rings. The predicted molar refractivity (Wildman–Crippen MR) is 112 cm³/mol. The average Bonchev–Trinajstić information content (AvgIpc) is 3.29. The normalized spacial score (nSPS) is 11.0. The number of hydrogen-bond donors (Lipinski definition) is 2. The zero-order chi connectivity index (χ0) is 19.3. The number of aromatic amines is 1. The molecule has 142 valence electrons. The number of aromatic nitrogens is 3. The lowest BCUT2D eigenvalue weighted by atomic mass is 10.1. The summed E-state index contributed by atoms with van der Waals surface area (Å²) in [7, 11) is 0. The topological polar surface area (TPSA) is 62.7 Å². The first-order valence-corrected chi connectivity index (χ1v) is 9.60. The van der Waals surface area contributed by atoms with E-state index < -0.39 is 0 Å². The number of carbonyl (C=O) groups excluding carboxylic acids is 1. The van der Waals surface area contributed by atoms with E-state index in [4.69, 9.17) is 0 Å². The van der Waals surface area contributed by atoms with Gasteiger partial charge in [-0.25, -0.2) is 0 Å². The minimum atomic E-state index is 0.0231. The van der Waals surface area contributed by atoms with Gasteiger partial charge in [0.15, 0.2) is 0 Å². The van der Waals surface area contributed by atoms with Gasteiger partial charge in [0.25, 0.3) is 0 Å². The number of anilines is 1. The van der Waals surface area contributed by atoms with Crippen LogP contribution in [0.15, 0.2) is 67.1 Å². The number of aryl methyl sites for hydroxylation is 2. The quantitative estimate of drug-likeness (QED) is 0.495. The fourth-order valence-electron chi connectivity index (χ4n) is 3.51. The summed E-state index contributed by atoms with van der Waals surface area (Å²) in [6, 6.07) is 16.6. The van der Waals surface area contributed by atoms with Crippen LogP contribution in [0.25, 0.3) is 10.9 Å². The first kappa shape index (κ1) is 18.0. The molecule has 5 heteroatoms. The highest BCUT2D eigenvalue weighted by Crippen LogP contribution is 2.19. The standard InChI is InChI=1S/C23H24N4O/c1-17-6-4-7-18(12-17)15-27-16-20(14-25-27)26-23(28)11-5-8-19-13-24-22-10-3-2-9-21(19)22/h2-4,6-7,9-10,12-14,16,24H,5,8,11,15H2,1H3,(H,26,28). The molecule has 5 nitrogen and oxygen atoms in total. The van der Waals surface area contributed by atoms with Crippen LogP contribution in [0, 0.1) is 6.92 Å². The molecular formula is C23H24N4O. The van der Waals surface area contributed by atoms with Crippen molar-refractivity contribution >= 4 is 22.5 Å². The molecule has 0 saturated carbocycles. The number of nitrogens with one attached hydrogen (secondary N) is 2. The summed E-state index contributed by atoms with van der Waals surface area (Å²) in [5.74, 6) is 0.0231. The molecule has 0 aliphatic carbocycles. The molecule has 28 heavy (non-hydrogen) atoms. The zero-order valence-corrected chi connectivity index (χ0v) is 16.0. The van der Waals surface area contributed by atoms with Crippen LogP contribution < -0.4 is 5.32 Å². The Labute approximate surface area is 164 Å². The van der Waals surface area contributed by atoms with Crippen molar-refractivity contribution in [2.75, 3.05) is 5.32 Å². The maximum atomic E-state index is 12.3. The van der Waals surface area contributed by atoms with Gasteiger partial charge in [-0.2, -0.15) is 5.10 Å². The first-order valence-electron chi connectivity index (χ1n) is 9.60. The van der Waals surface area contributed by atoms with Gasteiger partial charge in [0.05, 0.1) is 18.4 Å². The summed E-state index contributed by atoms with van der Waals surface area (Å²) < 4.78 is 1.84. The third-order valence-electron chi connectivity index (χ3n) is 4.87. The number of benzene rings is 2. The van der Waals surface area contributed by atoms with Crippen LogP contribution in [0.2, 0.25) is 0 Å². The average molecular weight is 372 g/mol. The molecule has 2 aromatic heterocycles. The molecule has 4 rings (SSSR count). The highest BCUT2D eigenvalue weighted by molar-refractivity contribution is 5.90. The van der Waals surface area contributed by atoms with E-state index in [9.17, 15) is 4.79 Å². The van der Waals surface area contributed by atoms with Crippen LogP contribution >= 0.6 is 0 Å². The molecule has 4 aromatic rings. The third-order valence-corrected chi connectivity index (χ3v) is 4.87. The molecule has 0 unspecified atom stereocenters. The maximum absolute atomic E-state index is 12.3. The Balaban J connectivity index is 1.28. The van der Waals surface area contributed by atoms with Crippen LogP contribution in [0.1, 0.15) is 29.5 Å². The second-order valence-electron chi connectivity index (χ2n) is 7.18. The van der Waals surface area contributed by atoms with Crippen molar-refractivity contribution in [2.24, 2.45) is 0 Å². The van der Waals surface area contributed by atoms with E-state index in [2.05, 4.69) is 52.7 Å². The Morgan fingerprint density at radius 3 is 2.96 bits per heavy atom. The van der Waals surface area contributed by atoms with Crippen molar-refractivity contribution in [3.05, 3.63) is 83.8 Å². The minimum absolute atomic E-state index is 0.0231. The second-order valence-corrected chi connectivity index (χ2v) is 7.18. The SMILES string of the molecule is Cc1cccc(Cn2cc(NC(=O)CCCc3c[nH]c4ccccc34)cn2)c1. The van der Waals surface area contributed by atoms with Crippen LogP contribution in [0.4, 0.5) is 5.69 Å².